The molecule has 3 heterocycles. The summed E-state index contributed by atoms with van der Waals surface area (Å²) in [5.74, 6) is 0.232. The number of amides is 1. The Bertz CT molecular complexity index is 702. The number of hydrogen-bond donors (Lipinski definition) is 1. The molecule has 5 nitrogen and oxygen atoms in total. The molecule has 2 aromatic heterocycles. The summed E-state index contributed by atoms with van der Waals surface area (Å²) in [5, 5.41) is 7.17. The smallest absolute Gasteiger partial charge is 0.227 e. The van der Waals surface area contributed by atoms with E-state index in [1.165, 1.54) is 5.56 Å². The molecule has 2 aromatic rings. The van der Waals surface area contributed by atoms with E-state index in [1.54, 1.807) is 0 Å². The van der Waals surface area contributed by atoms with Crippen LogP contribution >= 0.6 is 0 Å². The second-order valence-corrected chi connectivity index (χ2v) is 6.82. The van der Waals surface area contributed by atoms with E-state index in [0.717, 1.165) is 54.9 Å². The van der Waals surface area contributed by atoms with Crippen LogP contribution in [0.5, 0.6) is 0 Å². The highest BCUT2D eigenvalue weighted by Crippen LogP contribution is 2.24. The fraction of sp³-hybridized carbons (Fsp3) is 0.526. The maximum Gasteiger partial charge on any atom is 0.227 e. The number of hydrogen-bond acceptors (Lipinski definition) is 3. The summed E-state index contributed by atoms with van der Waals surface area (Å²) in [7, 11) is 0. The molecule has 128 valence electrons. The molecular weight excluding hydrogens is 300 g/mol. The Hall–Kier alpha value is -2.17. The first-order valence-corrected chi connectivity index (χ1v) is 8.76. The van der Waals surface area contributed by atoms with Gasteiger partial charge in [-0.1, -0.05) is 0 Å². The summed E-state index contributed by atoms with van der Waals surface area (Å²) in [6.45, 7) is 6.84. The lowest BCUT2D eigenvalue weighted by atomic mass is 10.0. The average molecular weight is 326 g/mol. The Labute approximate surface area is 143 Å². The predicted octanol–water partition coefficient (Wildman–Crippen LogP) is 2.90. The SMILES string of the molecule is Cc1cc(CCC2CCCN2C(=O)Cc2c(C)n[nH]c2C)ccn1. The second kappa shape index (κ2) is 7.16. The van der Waals surface area contributed by atoms with Crippen molar-refractivity contribution in [2.24, 2.45) is 0 Å². The van der Waals surface area contributed by atoms with E-state index in [0.29, 0.717) is 12.5 Å². The van der Waals surface area contributed by atoms with Crippen LogP contribution in [0.2, 0.25) is 0 Å². The minimum Gasteiger partial charge on any atom is -0.339 e. The van der Waals surface area contributed by atoms with Gasteiger partial charge < -0.3 is 4.90 Å². The van der Waals surface area contributed by atoms with Crippen LogP contribution in [0, 0.1) is 20.8 Å². The van der Waals surface area contributed by atoms with E-state index < -0.39 is 0 Å². The molecule has 1 saturated heterocycles. The van der Waals surface area contributed by atoms with E-state index >= 15 is 0 Å². The monoisotopic (exact) mass is 326 g/mol. The van der Waals surface area contributed by atoms with Crippen LogP contribution in [-0.4, -0.2) is 38.6 Å². The highest BCUT2D eigenvalue weighted by Gasteiger charge is 2.29. The first kappa shape index (κ1) is 16.7. The standard InChI is InChI=1S/C19H26N4O/c1-13-11-16(8-9-20-13)6-7-17-5-4-10-23(17)19(24)12-18-14(2)21-22-15(18)3/h8-9,11,17H,4-7,10,12H2,1-3H3,(H,21,22). The number of nitrogens with zero attached hydrogens (tertiary/aromatic N) is 3. The Morgan fingerprint density at radius 3 is 2.92 bits per heavy atom. The quantitative estimate of drug-likeness (QED) is 0.919. The zero-order valence-electron chi connectivity index (χ0n) is 14.8. The van der Waals surface area contributed by atoms with E-state index in [2.05, 4.69) is 32.2 Å². The van der Waals surface area contributed by atoms with Crippen LogP contribution in [0.4, 0.5) is 0 Å². The maximum absolute atomic E-state index is 12.8. The van der Waals surface area contributed by atoms with Crippen molar-refractivity contribution < 1.29 is 4.79 Å². The molecule has 0 bridgehead atoms. The molecular formula is C19H26N4O. The van der Waals surface area contributed by atoms with Crippen molar-refractivity contribution in [3.63, 3.8) is 0 Å². The molecule has 1 fully saturated rings. The Balaban J connectivity index is 1.61. The molecule has 1 unspecified atom stereocenters. The molecule has 5 heteroatoms. The Morgan fingerprint density at radius 2 is 2.21 bits per heavy atom. The lowest BCUT2D eigenvalue weighted by Crippen LogP contribution is -2.37. The first-order chi connectivity index (χ1) is 11.5. The van der Waals surface area contributed by atoms with Gasteiger partial charge >= 0.3 is 0 Å². The number of carbonyl (C=O) groups is 1. The Kier molecular flexibility index (Phi) is 4.97. The first-order valence-electron chi connectivity index (χ1n) is 8.76. The molecule has 0 aromatic carbocycles. The van der Waals surface area contributed by atoms with Crippen molar-refractivity contribution in [2.75, 3.05) is 6.54 Å². The molecule has 0 saturated carbocycles. The van der Waals surface area contributed by atoms with Gasteiger partial charge in [0.15, 0.2) is 0 Å². The lowest BCUT2D eigenvalue weighted by molar-refractivity contribution is -0.131. The zero-order valence-corrected chi connectivity index (χ0v) is 14.8. The second-order valence-electron chi connectivity index (χ2n) is 6.82. The highest BCUT2D eigenvalue weighted by atomic mass is 16.2. The van der Waals surface area contributed by atoms with Gasteiger partial charge in [0.25, 0.3) is 0 Å². The van der Waals surface area contributed by atoms with Gasteiger partial charge in [0.2, 0.25) is 5.91 Å². The molecule has 0 spiro atoms. The number of pyridine rings is 1. The number of rotatable bonds is 5. The molecule has 1 aliphatic heterocycles. The minimum atomic E-state index is 0.232. The number of aromatic amines is 1. The third-order valence-electron chi connectivity index (χ3n) is 5.03. The van der Waals surface area contributed by atoms with Gasteiger partial charge in [-0.15, -0.1) is 0 Å². The van der Waals surface area contributed by atoms with Crippen molar-refractivity contribution in [3.05, 3.63) is 46.5 Å². The van der Waals surface area contributed by atoms with E-state index in [-0.39, 0.29) is 5.91 Å². The molecule has 3 rings (SSSR count). The van der Waals surface area contributed by atoms with Gasteiger partial charge in [0, 0.05) is 35.7 Å². The summed E-state index contributed by atoms with van der Waals surface area (Å²) in [6, 6.07) is 4.57. The average Bonchev–Trinajstić information content (AvgIpc) is 3.15. The van der Waals surface area contributed by atoms with E-state index in [4.69, 9.17) is 0 Å². The van der Waals surface area contributed by atoms with Crippen LogP contribution in [0.15, 0.2) is 18.3 Å². The normalized spacial score (nSPS) is 17.5. The lowest BCUT2D eigenvalue weighted by Gasteiger charge is -2.25. The number of aryl methyl sites for hydroxylation is 4. The van der Waals surface area contributed by atoms with Gasteiger partial charge in [-0.25, -0.2) is 0 Å². The molecule has 0 radical (unpaired) electrons. The third-order valence-corrected chi connectivity index (χ3v) is 5.03. The van der Waals surface area contributed by atoms with Crippen LogP contribution in [-0.2, 0) is 17.6 Å². The summed E-state index contributed by atoms with van der Waals surface area (Å²) in [4.78, 5) is 19.1. The van der Waals surface area contributed by atoms with Gasteiger partial charge in [-0.3, -0.25) is 14.9 Å². The van der Waals surface area contributed by atoms with Crippen molar-refractivity contribution in [1.82, 2.24) is 20.1 Å². The Morgan fingerprint density at radius 1 is 1.38 bits per heavy atom. The van der Waals surface area contributed by atoms with E-state index in [9.17, 15) is 4.79 Å². The largest absolute Gasteiger partial charge is 0.339 e. The summed E-state index contributed by atoms with van der Waals surface area (Å²) in [5.41, 5.74) is 5.35. The number of carbonyl (C=O) groups excluding carboxylic acids is 1. The van der Waals surface area contributed by atoms with Crippen LogP contribution in [0.3, 0.4) is 0 Å². The van der Waals surface area contributed by atoms with Crippen LogP contribution in [0.25, 0.3) is 0 Å². The van der Waals surface area contributed by atoms with Gasteiger partial charge in [-0.05, 0) is 64.2 Å². The predicted molar refractivity (Wildman–Crippen MR) is 93.8 cm³/mol. The fourth-order valence-corrected chi connectivity index (χ4v) is 3.64. The molecule has 1 N–H and O–H groups in total. The van der Waals surface area contributed by atoms with Crippen molar-refractivity contribution in [3.8, 4) is 0 Å². The third kappa shape index (κ3) is 3.66. The summed E-state index contributed by atoms with van der Waals surface area (Å²) in [6.07, 6.45) is 6.57. The number of aromatic nitrogens is 3. The van der Waals surface area contributed by atoms with Crippen LogP contribution < -0.4 is 0 Å². The van der Waals surface area contributed by atoms with Crippen molar-refractivity contribution >= 4 is 5.91 Å². The topological polar surface area (TPSA) is 61.9 Å². The fourth-order valence-electron chi connectivity index (χ4n) is 3.64. The van der Waals surface area contributed by atoms with Gasteiger partial charge in [-0.2, -0.15) is 5.10 Å². The molecule has 1 aliphatic rings. The summed E-state index contributed by atoms with van der Waals surface area (Å²) < 4.78 is 0. The summed E-state index contributed by atoms with van der Waals surface area (Å²) >= 11 is 0. The highest BCUT2D eigenvalue weighted by molar-refractivity contribution is 5.79. The number of H-pyrrole nitrogens is 1. The zero-order chi connectivity index (χ0) is 17.1. The number of nitrogens with one attached hydrogen (secondary N) is 1. The van der Waals surface area contributed by atoms with Gasteiger partial charge in [0.05, 0.1) is 12.1 Å². The molecule has 1 amide bonds. The molecule has 24 heavy (non-hydrogen) atoms. The van der Waals surface area contributed by atoms with Gasteiger partial charge in [0.1, 0.15) is 0 Å². The molecule has 1 atom stereocenters. The minimum absolute atomic E-state index is 0.232. The van der Waals surface area contributed by atoms with Crippen molar-refractivity contribution in [2.45, 2.75) is 58.9 Å². The molecule has 0 aliphatic carbocycles. The van der Waals surface area contributed by atoms with Crippen molar-refractivity contribution in [1.29, 1.82) is 0 Å². The van der Waals surface area contributed by atoms with E-state index in [1.807, 2.05) is 27.0 Å². The van der Waals surface area contributed by atoms with Crippen LogP contribution in [0.1, 0.15) is 47.5 Å². The maximum atomic E-state index is 12.8. The number of likely N-dealkylation sites (tertiary alicyclic amines) is 1.